The van der Waals surface area contributed by atoms with E-state index in [-0.39, 0.29) is 23.7 Å². The SMILES string of the molecule is O=C(Oc1ccc(N2C(=O)[C@@H]3[C@@H]4CC[C@H](C4)[C@@H]3C2=O)cc1)c1cccs1. The summed E-state index contributed by atoms with van der Waals surface area (Å²) >= 11 is 1.32. The summed E-state index contributed by atoms with van der Waals surface area (Å²) in [6, 6.07) is 10.1. The molecule has 5 nitrogen and oxygen atoms in total. The van der Waals surface area contributed by atoms with Gasteiger partial charge in [-0.1, -0.05) is 6.07 Å². The van der Waals surface area contributed by atoms with Crippen LogP contribution in [-0.2, 0) is 9.59 Å². The number of thiophene rings is 1. The van der Waals surface area contributed by atoms with Gasteiger partial charge in [-0.3, -0.25) is 14.5 Å². The fraction of sp³-hybridized carbons (Fsp3) is 0.350. The Hall–Kier alpha value is -2.47. The Kier molecular flexibility index (Phi) is 3.50. The first-order chi connectivity index (χ1) is 12.6. The van der Waals surface area contributed by atoms with Crippen LogP contribution in [0.4, 0.5) is 5.69 Å². The van der Waals surface area contributed by atoms with Crippen LogP contribution in [0.3, 0.4) is 0 Å². The van der Waals surface area contributed by atoms with Crippen molar-refractivity contribution >= 4 is 34.8 Å². The monoisotopic (exact) mass is 367 g/mol. The van der Waals surface area contributed by atoms with Crippen LogP contribution < -0.4 is 9.64 Å². The van der Waals surface area contributed by atoms with Crippen molar-refractivity contribution in [1.29, 1.82) is 0 Å². The van der Waals surface area contributed by atoms with Crippen molar-refractivity contribution in [2.45, 2.75) is 19.3 Å². The maximum Gasteiger partial charge on any atom is 0.353 e. The molecule has 2 bridgehead atoms. The second-order valence-electron chi connectivity index (χ2n) is 7.26. The number of carbonyl (C=O) groups excluding carboxylic acids is 3. The number of nitrogens with zero attached hydrogens (tertiary/aromatic N) is 1. The van der Waals surface area contributed by atoms with Crippen molar-refractivity contribution in [1.82, 2.24) is 0 Å². The van der Waals surface area contributed by atoms with Crippen molar-refractivity contribution in [3.63, 3.8) is 0 Å². The number of amides is 2. The van der Waals surface area contributed by atoms with E-state index in [1.165, 1.54) is 16.2 Å². The summed E-state index contributed by atoms with van der Waals surface area (Å²) in [6.07, 6.45) is 3.16. The smallest absolute Gasteiger partial charge is 0.353 e. The van der Waals surface area contributed by atoms with E-state index in [2.05, 4.69) is 0 Å². The molecule has 0 unspecified atom stereocenters. The van der Waals surface area contributed by atoms with Crippen LogP contribution >= 0.6 is 11.3 Å². The van der Waals surface area contributed by atoms with E-state index in [0.29, 0.717) is 28.1 Å². The molecule has 2 aliphatic carbocycles. The van der Waals surface area contributed by atoms with Crippen molar-refractivity contribution in [2.24, 2.45) is 23.7 Å². The maximum atomic E-state index is 12.8. The number of ether oxygens (including phenoxy) is 1. The molecule has 0 spiro atoms. The molecule has 3 aliphatic rings. The third kappa shape index (κ3) is 2.25. The third-order valence-electron chi connectivity index (χ3n) is 5.96. The molecule has 2 heterocycles. The first kappa shape index (κ1) is 15.8. The fourth-order valence-corrected chi connectivity index (χ4v) is 5.48. The summed E-state index contributed by atoms with van der Waals surface area (Å²) in [4.78, 5) is 39.5. The molecule has 5 rings (SSSR count). The highest BCUT2D eigenvalue weighted by Gasteiger charge is 2.61. The normalized spacial score (nSPS) is 29.3. The molecule has 2 aromatic rings. The van der Waals surface area contributed by atoms with E-state index in [4.69, 9.17) is 4.74 Å². The molecule has 4 atom stereocenters. The Morgan fingerprint density at radius 2 is 1.65 bits per heavy atom. The predicted octanol–water partition coefficient (Wildman–Crippen LogP) is 3.50. The Morgan fingerprint density at radius 3 is 2.23 bits per heavy atom. The molecule has 1 aromatic heterocycles. The summed E-state index contributed by atoms with van der Waals surface area (Å²) in [7, 11) is 0. The third-order valence-corrected chi connectivity index (χ3v) is 6.81. The summed E-state index contributed by atoms with van der Waals surface area (Å²) < 4.78 is 5.33. The number of anilines is 1. The lowest BCUT2D eigenvalue weighted by Gasteiger charge is -2.19. The molecule has 1 aromatic carbocycles. The Balaban J connectivity index is 1.36. The highest BCUT2D eigenvalue weighted by Crippen LogP contribution is 2.56. The zero-order valence-corrected chi connectivity index (χ0v) is 14.8. The molecule has 3 fully saturated rings. The van der Waals surface area contributed by atoms with E-state index in [1.807, 2.05) is 5.38 Å². The Bertz CT molecular complexity index is 861. The number of esters is 1. The minimum Gasteiger partial charge on any atom is -0.422 e. The number of imide groups is 1. The molecule has 0 radical (unpaired) electrons. The number of benzene rings is 1. The quantitative estimate of drug-likeness (QED) is 0.473. The van der Waals surface area contributed by atoms with Crippen LogP contribution in [0, 0.1) is 23.7 Å². The first-order valence-electron chi connectivity index (χ1n) is 8.87. The topological polar surface area (TPSA) is 63.7 Å². The lowest BCUT2D eigenvalue weighted by atomic mass is 9.81. The number of hydrogen-bond donors (Lipinski definition) is 0. The van der Waals surface area contributed by atoms with Crippen molar-refractivity contribution in [3.8, 4) is 5.75 Å². The second kappa shape index (κ2) is 5.77. The van der Waals surface area contributed by atoms with Crippen LogP contribution in [0.1, 0.15) is 28.9 Å². The Labute approximate surface area is 154 Å². The first-order valence-corrected chi connectivity index (χ1v) is 9.75. The van der Waals surface area contributed by atoms with Gasteiger partial charge in [0.15, 0.2) is 0 Å². The van der Waals surface area contributed by atoms with Gasteiger partial charge in [-0.05, 0) is 66.8 Å². The van der Waals surface area contributed by atoms with Crippen molar-refractivity contribution in [3.05, 3.63) is 46.7 Å². The average molecular weight is 367 g/mol. The van der Waals surface area contributed by atoms with Gasteiger partial charge in [-0.2, -0.15) is 0 Å². The highest BCUT2D eigenvalue weighted by molar-refractivity contribution is 7.12. The van der Waals surface area contributed by atoms with Crippen LogP contribution in [-0.4, -0.2) is 17.8 Å². The number of hydrogen-bond acceptors (Lipinski definition) is 5. The summed E-state index contributed by atoms with van der Waals surface area (Å²) in [5, 5.41) is 1.81. The number of rotatable bonds is 3. The van der Waals surface area contributed by atoms with Crippen LogP contribution in [0.5, 0.6) is 5.75 Å². The zero-order valence-electron chi connectivity index (χ0n) is 14.0. The average Bonchev–Trinajstić information content (AvgIpc) is 3.41. The van der Waals surface area contributed by atoms with Crippen LogP contribution in [0.15, 0.2) is 41.8 Å². The van der Waals surface area contributed by atoms with Crippen molar-refractivity contribution in [2.75, 3.05) is 4.90 Å². The molecule has 26 heavy (non-hydrogen) atoms. The summed E-state index contributed by atoms with van der Waals surface area (Å²) in [6.45, 7) is 0. The number of carbonyl (C=O) groups is 3. The van der Waals surface area contributed by atoms with Gasteiger partial charge < -0.3 is 4.74 Å². The lowest BCUT2D eigenvalue weighted by Crippen LogP contribution is -2.32. The van der Waals surface area contributed by atoms with Crippen LogP contribution in [0.25, 0.3) is 0 Å². The maximum absolute atomic E-state index is 12.8. The van der Waals surface area contributed by atoms with Gasteiger partial charge in [0.1, 0.15) is 10.6 Å². The summed E-state index contributed by atoms with van der Waals surface area (Å²) in [5.41, 5.74) is 0.560. The molecule has 6 heteroatoms. The standard InChI is InChI=1S/C20H17NO4S/c22-18-16-11-3-4-12(10-11)17(16)19(23)21(18)13-5-7-14(8-6-13)25-20(24)15-2-1-9-26-15/h1-2,5-9,11-12,16-17H,3-4,10H2/t11-,12-,16-,17+/m1/s1. The molecule has 0 N–H and O–H groups in total. The van der Waals surface area contributed by atoms with Crippen LogP contribution in [0.2, 0.25) is 0 Å². The van der Waals surface area contributed by atoms with Gasteiger partial charge in [0, 0.05) is 0 Å². The van der Waals surface area contributed by atoms with E-state index in [1.54, 1.807) is 36.4 Å². The molecule has 1 saturated heterocycles. The summed E-state index contributed by atoms with van der Waals surface area (Å²) in [5.74, 6) is 0.356. The molecule has 2 amide bonds. The van der Waals surface area contributed by atoms with E-state index >= 15 is 0 Å². The van der Waals surface area contributed by atoms with E-state index < -0.39 is 5.97 Å². The van der Waals surface area contributed by atoms with Gasteiger partial charge in [0.2, 0.25) is 11.8 Å². The van der Waals surface area contributed by atoms with Crippen molar-refractivity contribution < 1.29 is 19.1 Å². The van der Waals surface area contributed by atoms with Gasteiger partial charge in [0.05, 0.1) is 17.5 Å². The largest absolute Gasteiger partial charge is 0.422 e. The number of fused-ring (bicyclic) bond motifs is 5. The molecule has 132 valence electrons. The molecular weight excluding hydrogens is 350 g/mol. The van der Waals surface area contributed by atoms with Gasteiger partial charge in [-0.15, -0.1) is 11.3 Å². The van der Waals surface area contributed by atoms with Gasteiger partial charge >= 0.3 is 5.97 Å². The zero-order chi connectivity index (χ0) is 17.8. The molecular formula is C20H17NO4S. The van der Waals surface area contributed by atoms with Gasteiger partial charge in [-0.25, -0.2) is 4.79 Å². The second-order valence-corrected chi connectivity index (χ2v) is 8.21. The fourth-order valence-electron chi connectivity index (χ4n) is 4.88. The van der Waals surface area contributed by atoms with E-state index in [9.17, 15) is 14.4 Å². The molecule has 2 saturated carbocycles. The van der Waals surface area contributed by atoms with E-state index in [0.717, 1.165) is 19.3 Å². The minimum atomic E-state index is -0.410. The predicted molar refractivity (Wildman–Crippen MR) is 96.0 cm³/mol. The molecule has 1 aliphatic heterocycles. The minimum absolute atomic E-state index is 0.0597. The highest BCUT2D eigenvalue weighted by atomic mass is 32.1. The Morgan fingerprint density at radius 1 is 1.00 bits per heavy atom. The lowest BCUT2D eigenvalue weighted by molar-refractivity contribution is -0.123. The van der Waals surface area contributed by atoms with Gasteiger partial charge in [0.25, 0.3) is 0 Å².